The van der Waals surface area contributed by atoms with Crippen LogP contribution in [0.25, 0.3) is 0 Å². The first-order valence-electron chi connectivity index (χ1n) is 8.16. The predicted molar refractivity (Wildman–Crippen MR) is 95.8 cm³/mol. The molecule has 1 aromatic carbocycles. The number of ether oxygens (including phenoxy) is 2. The molecule has 0 aliphatic rings. The van der Waals surface area contributed by atoms with Crippen molar-refractivity contribution in [2.45, 2.75) is 45.5 Å². The molecular formula is C18H27N3O5. The molecule has 144 valence electrons. The van der Waals surface area contributed by atoms with Gasteiger partial charge in [0.2, 0.25) is 5.91 Å². The van der Waals surface area contributed by atoms with Crippen LogP contribution in [0.2, 0.25) is 0 Å². The third-order valence-electron chi connectivity index (χ3n) is 3.43. The molecule has 2 amide bonds. The minimum Gasteiger partial charge on any atom is -0.466 e. The highest BCUT2D eigenvalue weighted by Crippen LogP contribution is 2.16. The number of nitrogens with zero attached hydrogens (tertiary/aromatic N) is 1. The Bertz CT molecular complexity index is 638. The fourth-order valence-corrected chi connectivity index (χ4v) is 2.15. The number of amides is 2. The van der Waals surface area contributed by atoms with Crippen LogP contribution in [0.3, 0.4) is 0 Å². The fraction of sp³-hybridized carbons (Fsp3) is 0.500. The lowest BCUT2D eigenvalue weighted by molar-refractivity contribution is -0.161. The number of hydrogen-bond acceptors (Lipinski definition) is 6. The van der Waals surface area contributed by atoms with Gasteiger partial charge in [-0.05, 0) is 33.3 Å². The van der Waals surface area contributed by atoms with E-state index in [-0.39, 0.29) is 13.1 Å². The van der Waals surface area contributed by atoms with E-state index < -0.39 is 29.2 Å². The molecule has 0 spiro atoms. The summed E-state index contributed by atoms with van der Waals surface area (Å²) in [7, 11) is 1.19. The van der Waals surface area contributed by atoms with Crippen LogP contribution in [0.15, 0.2) is 30.3 Å². The summed E-state index contributed by atoms with van der Waals surface area (Å²) in [6.45, 7) is 6.23. The van der Waals surface area contributed by atoms with Crippen molar-refractivity contribution in [3.05, 3.63) is 35.9 Å². The van der Waals surface area contributed by atoms with E-state index in [1.807, 2.05) is 18.2 Å². The van der Waals surface area contributed by atoms with Crippen LogP contribution in [0, 0.1) is 0 Å². The van der Waals surface area contributed by atoms with E-state index in [1.54, 1.807) is 32.9 Å². The van der Waals surface area contributed by atoms with Gasteiger partial charge >= 0.3 is 12.1 Å². The van der Waals surface area contributed by atoms with Gasteiger partial charge in [-0.25, -0.2) is 9.59 Å². The molecule has 3 N–H and O–H groups in total. The van der Waals surface area contributed by atoms with E-state index in [9.17, 15) is 14.4 Å². The molecule has 0 saturated carbocycles. The van der Waals surface area contributed by atoms with Gasteiger partial charge in [0.05, 0.1) is 7.11 Å². The van der Waals surface area contributed by atoms with Gasteiger partial charge in [-0.1, -0.05) is 30.3 Å². The van der Waals surface area contributed by atoms with Crippen LogP contribution in [-0.4, -0.2) is 47.8 Å². The first-order chi connectivity index (χ1) is 12.0. The lowest BCUT2D eigenvalue weighted by atomic mass is 10.1. The van der Waals surface area contributed by atoms with Crippen LogP contribution >= 0.6 is 0 Å². The fourth-order valence-electron chi connectivity index (χ4n) is 2.15. The lowest BCUT2D eigenvalue weighted by Gasteiger charge is -2.36. The zero-order valence-electron chi connectivity index (χ0n) is 15.9. The average Bonchev–Trinajstić information content (AvgIpc) is 2.56. The van der Waals surface area contributed by atoms with Crippen molar-refractivity contribution >= 4 is 18.0 Å². The second-order valence-corrected chi connectivity index (χ2v) is 6.96. The number of hydrogen-bond donors (Lipinski definition) is 2. The Morgan fingerprint density at radius 3 is 2.19 bits per heavy atom. The van der Waals surface area contributed by atoms with E-state index in [0.717, 1.165) is 10.5 Å². The smallest absolute Gasteiger partial charge is 0.408 e. The normalized spacial score (nSPS) is 13.3. The number of esters is 1. The standard InChI is InChI=1S/C18H27N3O5/c1-17(2,3)26-16(24)20-11-14(22)21(18(4,19)15(23)25-5)12-13-9-7-6-8-10-13/h6-10H,11-12,19H2,1-5H3,(H,20,24)/t18-/m1/s1. The van der Waals surface area contributed by atoms with Crippen molar-refractivity contribution < 1.29 is 23.9 Å². The third-order valence-corrected chi connectivity index (χ3v) is 3.43. The summed E-state index contributed by atoms with van der Waals surface area (Å²) in [5, 5.41) is 2.37. The van der Waals surface area contributed by atoms with E-state index >= 15 is 0 Å². The Kier molecular flexibility index (Phi) is 7.14. The molecule has 0 fully saturated rings. The third kappa shape index (κ3) is 6.36. The number of nitrogens with one attached hydrogen (secondary N) is 1. The minimum absolute atomic E-state index is 0.0811. The molecule has 1 atom stereocenters. The van der Waals surface area contributed by atoms with Crippen molar-refractivity contribution in [3.8, 4) is 0 Å². The van der Waals surface area contributed by atoms with Gasteiger partial charge in [0.25, 0.3) is 0 Å². The topological polar surface area (TPSA) is 111 Å². The molecule has 8 nitrogen and oxygen atoms in total. The SMILES string of the molecule is COC(=O)[C@](C)(N)N(Cc1ccccc1)C(=O)CNC(=O)OC(C)(C)C. The number of rotatable bonds is 6. The zero-order chi connectivity index (χ0) is 20.0. The quantitative estimate of drug-likeness (QED) is 0.582. The maximum absolute atomic E-state index is 12.7. The number of carbonyl (C=O) groups is 3. The Morgan fingerprint density at radius 1 is 1.12 bits per heavy atom. The molecule has 1 aromatic rings. The maximum atomic E-state index is 12.7. The second kappa shape index (κ2) is 8.66. The molecule has 0 aliphatic heterocycles. The molecule has 0 radical (unpaired) electrons. The molecule has 0 aromatic heterocycles. The first-order valence-corrected chi connectivity index (χ1v) is 8.16. The summed E-state index contributed by atoms with van der Waals surface area (Å²) >= 11 is 0. The number of benzene rings is 1. The van der Waals surface area contributed by atoms with Gasteiger partial charge in [-0.3, -0.25) is 10.5 Å². The Labute approximate surface area is 153 Å². The summed E-state index contributed by atoms with van der Waals surface area (Å²) in [6.07, 6.45) is -0.734. The van der Waals surface area contributed by atoms with Crippen molar-refractivity contribution in [2.75, 3.05) is 13.7 Å². The Hall–Kier alpha value is -2.61. The number of carbonyl (C=O) groups excluding carboxylic acids is 3. The first kappa shape index (κ1) is 21.4. The summed E-state index contributed by atoms with van der Waals surface area (Å²) in [5.74, 6) is -1.31. The molecule has 0 aliphatic carbocycles. The maximum Gasteiger partial charge on any atom is 0.408 e. The monoisotopic (exact) mass is 365 g/mol. The summed E-state index contributed by atoms with van der Waals surface area (Å²) in [5.41, 5.74) is 4.45. The van der Waals surface area contributed by atoms with Gasteiger partial charge in [-0.15, -0.1) is 0 Å². The molecule has 0 saturated heterocycles. The lowest BCUT2D eigenvalue weighted by Crippen LogP contribution is -2.62. The van der Waals surface area contributed by atoms with Crippen LogP contribution in [-0.2, 0) is 25.6 Å². The van der Waals surface area contributed by atoms with E-state index in [4.69, 9.17) is 15.2 Å². The molecule has 1 rings (SSSR count). The predicted octanol–water partition coefficient (Wildman–Crippen LogP) is 1.39. The van der Waals surface area contributed by atoms with Crippen LogP contribution in [0.4, 0.5) is 4.79 Å². The van der Waals surface area contributed by atoms with E-state index in [0.29, 0.717) is 0 Å². The van der Waals surface area contributed by atoms with Gasteiger partial charge in [0.15, 0.2) is 5.66 Å². The highest BCUT2D eigenvalue weighted by atomic mass is 16.6. The van der Waals surface area contributed by atoms with Crippen molar-refractivity contribution in [2.24, 2.45) is 5.73 Å². The average molecular weight is 365 g/mol. The highest BCUT2D eigenvalue weighted by molar-refractivity contribution is 5.89. The summed E-state index contributed by atoms with van der Waals surface area (Å²) in [4.78, 5) is 37.6. The molecular weight excluding hydrogens is 338 g/mol. The zero-order valence-corrected chi connectivity index (χ0v) is 15.9. The van der Waals surface area contributed by atoms with Crippen molar-refractivity contribution in [3.63, 3.8) is 0 Å². The number of methoxy groups -OCH3 is 1. The molecule has 26 heavy (non-hydrogen) atoms. The highest BCUT2D eigenvalue weighted by Gasteiger charge is 2.39. The summed E-state index contributed by atoms with van der Waals surface area (Å²) in [6, 6.07) is 9.05. The van der Waals surface area contributed by atoms with Gasteiger partial charge < -0.3 is 19.7 Å². The van der Waals surface area contributed by atoms with Gasteiger partial charge in [-0.2, -0.15) is 0 Å². The molecule has 0 heterocycles. The van der Waals surface area contributed by atoms with Crippen LogP contribution in [0.1, 0.15) is 33.3 Å². The van der Waals surface area contributed by atoms with Gasteiger partial charge in [0.1, 0.15) is 12.1 Å². The van der Waals surface area contributed by atoms with Crippen LogP contribution in [0.5, 0.6) is 0 Å². The minimum atomic E-state index is -1.70. The number of alkyl carbamates (subject to hydrolysis) is 1. The molecule has 0 bridgehead atoms. The van der Waals surface area contributed by atoms with E-state index in [2.05, 4.69) is 5.32 Å². The molecule has 8 heteroatoms. The molecule has 0 unspecified atom stereocenters. The van der Waals surface area contributed by atoms with Crippen molar-refractivity contribution in [1.29, 1.82) is 0 Å². The number of nitrogens with two attached hydrogens (primary N) is 1. The Balaban J connectivity index is 2.92. The Morgan fingerprint density at radius 2 is 1.69 bits per heavy atom. The van der Waals surface area contributed by atoms with E-state index in [1.165, 1.54) is 14.0 Å². The summed E-state index contributed by atoms with van der Waals surface area (Å²) < 4.78 is 9.80. The second-order valence-electron chi connectivity index (χ2n) is 6.96. The van der Waals surface area contributed by atoms with Crippen molar-refractivity contribution in [1.82, 2.24) is 10.2 Å². The largest absolute Gasteiger partial charge is 0.466 e. The van der Waals surface area contributed by atoms with Gasteiger partial charge in [0, 0.05) is 6.54 Å². The van der Waals surface area contributed by atoms with Crippen LogP contribution < -0.4 is 11.1 Å².